The number of carbonyl (C=O) groups excluding carboxylic acids is 1. The SMILES string of the molecule is NC(=O)CCCNc1ccccc1C(F)(F)F. The van der Waals surface area contributed by atoms with Crippen LogP contribution in [0.5, 0.6) is 0 Å². The van der Waals surface area contributed by atoms with Crippen molar-refractivity contribution in [3.63, 3.8) is 0 Å². The minimum Gasteiger partial charge on any atom is -0.385 e. The zero-order valence-electron chi connectivity index (χ0n) is 9.05. The van der Waals surface area contributed by atoms with Gasteiger partial charge in [0.05, 0.1) is 5.56 Å². The summed E-state index contributed by atoms with van der Waals surface area (Å²) in [6, 6.07) is 5.21. The zero-order valence-corrected chi connectivity index (χ0v) is 9.05. The normalized spacial score (nSPS) is 11.2. The van der Waals surface area contributed by atoms with Crippen molar-refractivity contribution >= 4 is 11.6 Å². The third-order valence-corrected chi connectivity index (χ3v) is 2.15. The van der Waals surface area contributed by atoms with Crippen molar-refractivity contribution in [2.45, 2.75) is 19.0 Å². The first-order valence-corrected chi connectivity index (χ1v) is 5.09. The lowest BCUT2D eigenvalue weighted by Crippen LogP contribution is -2.14. The van der Waals surface area contributed by atoms with Gasteiger partial charge in [-0.2, -0.15) is 13.2 Å². The Morgan fingerprint density at radius 3 is 2.53 bits per heavy atom. The molecule has 0 atom stereocenters. The van der Waals surface area contributed by atoms with E-state index >= 15 is 0 Å². The molecular weight excluding hydrogens is 233 g/mol. The van der Waals surface area contributed by atoms with E-state index in [0.717, 1.165) is 6.07 Å². The molecule has 3 N–H and O–H groups in total. The second kappa shape index (κ2) is 5.56. The molecule has 6 heteroatoms. The number of nitrogens with two attached hydrogens (primary N) is 1. The number of primary amides is 1. The Labute approximate surface area is 96.8 Å². The molecule has 1 amide bonds. The third kappa shape index (κ3) is 4.34. The predicted molar refractivity (Wildman–Crippen MR) is 58.4 cm³/mol. The van der Waals surface area contributed by atoms with Crippen molar-refractivity contribution in [2.75, 3.05) is 11.9 Å². The van der Waals surface area contributed by atoms with Crippen molar-refractivity contribution in [3.05, 3.63) is 29.8 Å². The van der Waals surface area contributed by atoms with Crippen LogP contribution in [0, 0.1) is 0 Å². The summed E-state index contributed by atoms with van der Waals surface area (Å²) in [6.07, 6.45) is -3.82. The molecule has 0 unspecified atom stereocenters. The lowest BCUT2D eigenvalue weighted by Gasteiger charge is -2.13. The maximum Gasteiger partial charge on any atom is 0.418 e. The van der Waals surface area contributed by atoms with Gasteiger partial charge in [-0.1, -0.05) is 12.1 Å². The van der Waals surface area contributed by atoms with Crippen LogP contribution in [0.3, 0.4) is 0 Å². The molecule has 0 aliphatic heterocycles. The van der Waals surface area contributed by atoms with Gasteiger partial charge >= 0.3 is 6.18 Å². The Bertz CT molecular complexity index is 391. The topological polar surface area (TPSA) is 55.1 Å². The molecule has 0 aromatic heterocycles. The van der Waals surface area contributed by atoms with Crippen LogP contribution in [0.1, 0.15) is 18.4 Å². The van der Waals surface area contributed by atoms with Crippen LogP contribution in [-0.4, -0.2) is 12.5 Å². The number of halogens is 3. The van der Waals surface area contributed by atoms with Crippen LogP contribution in [0.15, 0.2) is 24.3 Å². The lowest BCUT2D eigenvalue weighted by molar-refractivity contribution is -0.137. The number of benzene rings is 1. The van der Waals surface area contributed by atoms with E-state index in [0.29, 0.717) is 6.42 Å². The Kier molecular flexibility index (Phi) is 4.37. The van der Waals surface area contributed by atoms with Gasteiger partial charge < -0.3 is 11.1 Å². The van der Waals surface area contributed by atoms with Crippen LogP contribution in [0.4, 0.5) is 18.9 Å². The fourth-order valence-electron chi connectivity index (χ4n) is 1.37. The summed E-state index contributed by atoms with van der Waals surface area (Å²) in [4.78, 5) is 10.5. The Morgan fingerprint density at radius 1 is 1.29 bits per heavy atom. The number of alkyl halides is 3. The lowest BCUT2D eigenvalue weighted by atomic mass is 10.1. The van der Waals surface area contributed by atoms with Crippen molar-refractivity contribution in [1.29, 1.82) is 0 Å². The molecule has 0 saturated heterocycles. The Hall–Kier alpha value is -1.72. The van der Waals surface area contributed by atoms with Gasteiger partial charge in [0.15, 0.2) is 0 Å². The average molecular weight is 246 g/mol. The van der Waals surface area contributed by atoms with Crippen molar-refractivity contribution < 1.29 is 18.0 Å². The fourth-order valence-corrected chi connectivity index (χ4v) is 1.37. The smallest absolute Gasteiger partial charge is 0.385 e. The molecule has 0 spiro atoms. The number of hydrogen-bond acceptors (Lipinski definition) is 2. The van der Waals surface area contributed by atoms with Crippen molar-refractivity contribution in [1.82, 2.24) is 0 Å². The largest absolute Gasteiger partial charge is 0.418 e. The van der Waals surface area contributed by atoms with Gasteiger partial charge in [0.2, 0.25) is 5.91 Å². The van der Waals surface area contributed by atoms with E-state index in [9.17, 15) is 18.0 Å². The summed E-state index contributed by atoms with van der Waals surface area (Å²) in [6.45, 7) is 0.274. The van der Waals surface area contributed by atoms with Crippen molar-refractivity contribution in [2.24, 2.45) is 5.73 Å². The third-order valence-electron chi connectivity index (χ3n) is 2.15. The van der Waals surface area contributed by atoms with Crippen LogP contribution < -0.4 is 11.1 Å². The summed E-state index contributed by atoms with van der Waals surface area (Å²) in [7, 11) is 0. The van der Waals surface area contributed by atoms with Crippen LogP contribution in [0.25, 0.3) is 0 Å². The molecule has 1 aromatic carbocycles. The highest BCUT2D eigenvalue weighted by Crippen LogP contribution is 2.34. The molecule has 17 heavy (non-hydrogen) atoms. The summed E-state index contributed by atoms with van der Waals surface area (Å²) in [5, 5.41) is 2.65. The van der Waals surface area contributed by atoms with Crippen molar-refractivity contribution in [3.8, 4) is 0 Å². The number of hydrogen-bond donors (Lipinski definition) is 2. The number of amides is 1. The zero-order chi connectivity index (χ0) is 12.9. The van der Waals surface area contributed by atoms with Crippen LogP contribution >= 0.6 is 0 Å². The first-order chi connectivity index (χ1) is 7.91. The molecule has 0 heterocycles. The molecule has 0 saturated carbocycles. The molecule has 3 nitrogen and oxygen atoms in total. The van der Waals surface area contributed by atoms with E-state index < -0.39 is 17.6 Å². The second-order valence-corrected chi connectivity index (χ2v) is 3.54. The van der Waals surface area contributed by atoms with Crippen LogP contribution in [-0.2, 0) is 11.0 Å². The first kappa shape index (κ1) is 13.3. The van der Waals surface area contributed by atoms with Gasteiger partial charge in [-0.3, -0.25) is 4.79 Å². The van der Waals surface area contributed by atoms with Gasteiger partial charge in [0.1, 0.15) is 0 Å². The number of anilines is 1. The minimum atomic E-state index is -4.38. The fraction of sp³-hybridized carbons (Fsp3) is 0.364. The summed E-state index contributed by atoms with van der Waals surface area (Å²) in [5.74, 6) is -0.462. The standard InChI is InChI=1S/C11H13F3N2O/c12-11(13,14)8-4-1-2-5-9(8)16-7-3-6-10(15)17/h1-2,4-5,16H,3,6-7H2,(H2,15,17). The van der Waals surface area contributed by atoms with Crippen LogP contribution in [0.2, 0.25) is 0 Å². The number of rotatable bonds is 5. The first-order valence-electron chi connectivity index (χ1n) is 5.09. The Morgan fingerprint density at radius 2 is 1.94 bits per heavy atom. The molecule has 1 aromatic rings. The molecule has 1 rings (SSSR count). The van der Waals surface area contributed by atoms with E-state index in [2.05, 4.69) is 5.32 Å². The highest BCUT2D eigenvalue weighted by atomic mass is 19.4. The summed E-state index contributed by atoms with van der Waals surface area (Å²) >= 11 is 0. The van der Waals surface area contributed by atoms with Gasteiger partial charge in [-0.05, 0) is 18.6 Å². The van der Waals surface area contributed by atoms with E-state index in [1.165, 1.54) is 18.2 Å². The number of carbonyl (C=O) groups is 1. The van der Waals surface area contributed by atoms with Gasteiger partial charge in [0, 0.05) is 18.7 Å². The number of nitrogens with one attached hydrogen (secondary N) is 1. The molecule has 94 valence electrons. The predicted octanol–water partition coefficient (Wildman–Crippen LogP) is 2.38. The van der Waals surface area contributed by atoms with E-state index in [-0.39, 0.29) is 18.7 Å². The summed E-state index contributed by atoms with van der Waals surface area (Å²) in [5.41, 5.74) is 4.23. The molecule has 0 bridgehead atoms. The van der Waals surface area contributed by atoms with E-state index in [4.69, 9.17) is 5.73 Å². The maximum atomic E-state index is 12.6. The van der Waals surface area contributed by atoms with E-state index in [1.807, 2.05) is 0 Å². The quantitative estimate of drug-likeness (QED) is 0.784. The van der Waals surface area contributed by atoms with Gasteiger partial charge in [-0.15, -0.1) is 0 Å². The molecule has 0 aliphatic carbocycles. The number of para-hydroxylation sites is 1. The highest BCUT2D eigenvalue weighted by Gasteiger charge is 2.32. The molecule has 0 aliphatic rings. The van der Waals surface area contributed by atoms with Gasteiger partial charge in [-0.25, -0.2) is 0 Å². The highest BCUT2D eigenvalue weighted by molar-refractivity contribution is 5.73. The molecule has 0 radical (unpaired) electrons. The average Bonchev–Trinajstić information content (AvgIpc) is 2.23. The monoisotopic (exact) mass is 246 g/mol. The molecule has 0 fully saturated rings. The van der Waals surface area contributed by atoms with Gasteiger partial charge in [0.25, 0.3) is 0 Å². The molecular formula is C11H13F3N2O. The van der Waals surface area contributed by atoms with E-state index in [1.54, 1.807) is 0 Å². The second-order valence-electron chi connectivity index (χ2n) is 3.54. The summed E-state index contributed by atoms with van der Waals surface area (Å²) < 4.78 is 37.7. The maximum absolute atomic E-state index is 12.6. The Balaban J connectivity index is 2.62. The minimum absolute atomic E-state index is 0.0180.